The highest BCUT2D eigenvalue weighted by molar-refractivity contribution is 7.89. The minimum absolute atomic E-state index is 0.0189. The van der Waals surface area contributed by atoms with E-state index in [1.54, 1.807) is 6.07 Å². The van der Waals surface area contributed by atoms with Gasteiger partial charge in [0.2, 0.25) is 10.0 Å². The predicted octanol–water partition coefficient (Wildman–Crippen LogP) is 4.76. The number of halogens is 1. The van der Waals surface area contributed by atoms with Gasteiger partial charge in [-0.3, -0.25) is 0 Å². The van der Waals surface area contributed by atoms with Crippen LogP contribution in [0.3, 0.4) is 0 Å². The molecule has 3 heterocycles. The molecule has 3 N–H and O–H groups in total. The average molecular weight is 592 g/mol. The number of primary sulfonamides is 1. The number of nitrogens with zero attached hydrogens (tertiary/aromatic N) is 2. The molecule has 41 heavy (non-hydrogen) atoms. The number of benzene rings is 2. The summed E-state index contributed by atoms with van der Waals surface area (Å²) in [4.78, 5) is 15.4. The second kappa shape index (κ2) is 10.9. The Morgan fingerprint density at radius 1 is 1.20 bits per heavy atom. The number of hydrogen-bond donors (Lipinski definition) is 2. The summed E-state index contributed by atoms with van der Waals surface area (Å²) in [6, 6.07) is 13.8. The van der Waals surface area contributed by atoms with Gasteiger partial charge in [-0.2, -0.15) is 0 Å². The molecule has 210 valence electrons. The maximum absolute atomic E-state index is 14.8. The maximum Gasteiger partial charge on any atom is 0.355 e. The monoisotopic (exact) mass is 591 g/mol. The molecule has 8 nitrogen and oxygen atoms in total. The standard InChI is InChI=1S/C30H26FN3O5S2/c31-24-11-20(8-9-28(24)41(32,37)38)14-34-26(22-3-1-2-18(10-22)6-7-21-15-39-16-21)13-23(27(34)12-19-4-5-19)29-33-25(17-40-29)30(35)36/h1-3,8-11,13,17,19,21H,4-5,12,14-16H2,(H,35,36)(H2,32,37,38). The van der Waals surface area contributed by atoms with E-state index in [9.17, 15) is 22.7 Å². The van der Waals surface area contributed by atoms with Gasteiger partial charge in [0.25, 0.3) is 0 Å². The molecule has 2 aromatic heterocycles. The number of rotatable bonds is 8. The molecule has 0 unspecified atom stereocenters. The van der Waals surface area contributed by atoms with Crippen LogP contribution in [0.1, 0.15) is 40.2 Å². The van der Waals surface area contributed by atoms with Crippen LogP contribution in [0.4, 0.5) is 4.39 Å². The molecule has 4 aromatic rings. The van der Waals surface area contributed by atoms with Crippen molar-refractivity contribution in [3.63, 3.8) is 0 Å². The number of carboxylic acids is 1. The van der Waals surface area contributed by atoms with Gasteiger partial charge in [0, 0.05) is 34.4 Å². The highest BCUT2D eigenvalue weighted by Crippen LogP contribution is 2.41. The Balaban J connectivity index is 1.48. The van der Waals surface area contributed by atoms with Crippen LogP contribution < -0.4 is 5.14 Å². The summed E-state index contributed by atoms with van der Waals surface area (Å²) in [6.07, 6.45) is 2.92. The number of carbonyl (C=O) groups is 1. The zero-order chi connectivity index (χ0) is 28.7. The molecule has 2 aromatic carbocycles. The van der Waals surface area contributed by atoms with E-state index in [1.165, 1.54) is 28.8 Å². The van der Waals surface area contributed by atoms with Gasteiger partial charge < -0.3 is 14.4 Å². The predicted molar refractivity (Wildman–Crippen MR) is 152 cm³/mol. The van der Waals surface area contributed by atoms with Gasteiger partial charge in [-0.25, -0.2) is 27.7 Å². The number of ether oxygens (including phenoxy) is 1. The second-order valence-corrected chi connectivity index (χ2v) is 12.7. The zero-order valence-corrected chi connectivity index (χ0v) is 23.5. The number of thiazole rings is 1. The maximum atomic E-state index is 14.8. The van der Waals surface area contributed by atoms with Gasteiger partial charge in [-0.05, 0) is 66.6 Å². The Hall–Kier alpha value is -3.82. The number of aromatic carboxylic acids is 1. The Kier molecular flexibility index (Phi) is 7.25. The van der Waals surface area contributed by atoms with Crippen molar-refractivity contribution in [1.29, 1.82) is 0 Å². The van der Waals surface area contributed by atoms with Gasteiger partial charge in [0.15, 0.2) is 5.69 Å². The third-order valence-corrected chi connectivity index (χ3v) is 9.02. The molecule has 0 spiro atoms. The van der Waals surface area contributed by atoms with E-state index in [1.807, 2.05) is 30.3 Å². The molecule has 0 atom stereocenters. The quantitative estimate of drug-likeness (QED) is 0.285. The third-order valence-electron chi connectivity index (χ3n) is 7.20. The van der Waals surface area contributed by atoms with E-state index < -0.39 is 26.7 Å². The molecule has 1 aliphatic carbocycles. The van der Waals surface area contributed by atoms with Crippen LogP contribution in [0.25, 0.3) is 21.8 Å². The lowest BCUT2D eigenvalue weighted by Crippen LogP contribution is -2.25. The first kappa shape index (κ1) is 27.4. The normalized spacial score (nSPS) is 15.3. The lowest BCUT2D eigenvalue weighted by molar-refractivity contribution is -0.00300. The number of aromatic nitrogens is 2. The topological polar surface area (TPSA) is 125 Å². The lowest BCUT2D eigenvalue weighted by atomic mass is 10.1. The summed E-state index contributed by atoms with van der Waals surface area (Å²) in [6.45, 7) is 1.53. The first-order chi connectivity index (χ1) is 19.7. The van der Waals surface area contributed by atoms with E-state index in [4.69, 9.17) is 9.88 Å². The number of sulfonamides is 1. The molecule has 0 radical (unpaired) electrons. The van der Waals surface area contributed by atoms with Crippen molar-refractivity contribution in [1.82, 2.24) is 9.55 Å². The van der Waals surface area contributed by atoms with Crippen molar-refractivity contribution in [2.75, 3.05) is 13.2 Å². The minimum Gasteiger partial charge on any atom is -0.476 e. The first-order valence-electron chi connectivity index (χ1n) is 13.1. The summed E-state index contributed by atoms with van der Waals surface area (Å²) < 4.78 is 45.7. The molecule has 2 aliphatic rings. The van der Waals surface area contributed by atoms with Crippen molar-refractivity contribution >= 4 is 27.3 Å². The minimum atomic E-state index is -4.20. The molecule has 2 fully saturated rings. The molecular formula is C30H26FN3O5S2. The van der Waals surface area contributed by atoms with Crippen molar-refractivity contribution in [2.45, 2.75) is 30.7 Å². The molecule has 1 saturated carbocycles. The van der Waals surface area contributed by atoms with E-state index in [0.717, 1.165) is 47.3 Å². The van der Waals surface area contributed by atoms with Gasteiger partial charge in [0.1, 0.15) is 15.7 Å². The molecular weight excluding hydrogens is 565 g/mol. The van der Waals surface area contributed by atoms with E-state index in [0.29, 0.717) is 29.7 Å². The number of nitrogens with two attached hydrogens (primary N) is 1. The zero-order valence-electron chi connectivity index (χ0n) is 21.8. The summed E-state index contributed by atoms with van der Waals surface area (Å²) in [7, 11) is -4.20. The molecule has 0 amide bonds. The van der Waals surface area contributed by atoms with E-state index >= 15 is 0 Å². The summed E-state index contributed by atoms with van der Waals surface area (Å²) >= 11 is 1.27. The van der Waals surface area contributed by atoms with Crippen LogP contribution in [-0.2, 0) is 27.7 Å². The summed E-state index contributed by atoms with van der Waals surface area (Å²) in [5.74, 6) is 5.17. The van der Waals surface area contributed by atoms with Crippen molar-refractivity contribution in [3.05, 3.63) is 82.2 Å². The Bertz CT molecular complexity index is 1830. The van der Waals surface area contributed by atoms with Crippen molar-refractivity contribution < 1.29 is 27.4 Å². The number of carboxylic acid groups (broad SMARTS) is 1. The van der Waals surface area contributed by atoms with E-state index in [-0.39, 0.29) is 18.2 Å². The number of hydrogen-bond acceptors (Lipinski definition) is 6. The lowest BCUT2D eigenvalue weighted by Gasteiger charge is -2.20. The Morgan fingerprint density at radius 3 is 2.63 bits per heavy atom. The Labute approximate surface area is 240 Å². The van der Waals surface area contributed by atoms with Crippen LogP contribution in [0.15, 0.2) is 58.8 Å². The van der Waals surface area contributed by atoms with Gasteiger partial charge in [-0.1, -0.05) is 30.0 Å². The molecule has 1 aliphatic heterocycles. The first-order valence-corrected chi connectivity index (χ1v) is 15.5. The molecule has 0 bridgehead atoms. The van der Waals surface area contributed by atoms with Crippen LogP contribution in [0.5, 0.6) is 0 Å². The third kappa shape index (κ3) is 5.96. The second-order valence-electron chi connectivity index (χ2n) is 10.4. The van der Waals surface area contributed by atoms with Crippen LogP contribution in [0.2, 0.25) is 0 Å². The fraction of sp³-hybridized carbons (Fsp3) is 0.267. The van der Waals surface area contributed by atoms with Crippen molar-refractivity contribution in [3.8, 4) is 33.7 Å². The van der Waals surface area contributed by atoms with Crippen molar-refractivity contribution in [2.24, 2.45) is 17.0 Å². The van der Waals surface area contributed by atoms with Gasteiger partial charge in [0.05, 0.1) is 19.1 Å². The summed E-state index contributed by atoms with van der Waals surface area (Å²) in [5, 5.41) is 16.8. The fourth-order valence-electron chi connectivity index (χ4n) is 4.82. The fourth-order valence-corrected chi connectivity index (χ4v) is 6.24. The highest BCUT2D eigenvalue weighted by Gasteiger charge is 2.28. The van der Waals surface area contributed by atoms with Crippen LogP contribution >= 0.6 is 11.3 Å². The highest BCUT2D eigenvalue weighted by atomic mass is 32.2. The van der Waals surface area contributed by atoms with Crippen LogP contribution in [-0.4, -0.2) is 42.3 Å². The largest absolute Gasteiger partial charge is 0.476 e. The molecule has 1 saturated heterocycles. The summed E-state index contributed by atoms with van der Waals surface area (Å²) in [5.41, 5.74) is 4.91. The van der Waals surface area contributed by atoms with Gasteiger partial charge in [-0.15, -0.1) is 11.3 Å². The smallest absolute Gasteiger partial charge is 0.355 e. The SMILES string of the molecule is NS(=O)(=O)c1ccc(Cn2c(-c3cccc(C#CC4COC4)c3)cc(-c3nc(C(=O)O)cs3)c2CC2CC2)cc1F. The van der Waals surface area contributed by atoms with Crippen LogP contribution in [0, 0.1) is 29.5 Å². The van der Waals surface area contributed by atoms with E-state index in [2.05, 4.69) is 21.4 Å². The molecule has 6 rings (SSSR count). The van der Waals surface area contributed by atoms with Gasteiger partial charge >= 0.3 is 5.97 Å². The Morgan fingerprint density at radius 2 is 2.00 bits per heavy atom. The molecule has 11 heteroatoms. The average Bonchev–Trinajstić information content (AvgIpc) is 3.45.